The molecule has 178 valence electrons. The van der Waals surface area contributed by atoms with E-state index < -0.39 is 6.10 Å². The lowest BCUT2D eigenvalue weighted by atomic mass is 9.97. The summed E-state index contributed by atoms with van der Waals surface area (Å²) in [5, 5.41) is 16.4. The molecule has 2 aliphatic rings. The van der Waals surface area contributed by atoms with Gasteiger partial charge in [0.05, 0.1) is 12.3 Å². The lowest BCUT2D eigenvalue weighted by Crippen LogP contribution is -2.51. The van der Waals surface area contributed by atoms with E-state index in [1.54, 1.807) is 17.3 Å². The number of aliphatic hydroxyl groups excluding tert-OH is 1. The van der Waals surface area contributed by atoms with Crippen LogP contribution in [0, 0.1) is 0 Å². The molecule has 1 fully saturated rings. The highest BCUT2D eigenvalue weighted by Gasteiger charge is 2.27. The first-order valence-corrected chi connectivity index (χ1v) is 11.7. The third kappa shape index (κ3) is 4.90. The van der Waals surface area contributed by atoms with Gasteiger partial charge in [-0.3, -0.25) is 14.8 Å². The number of H-pyrrole nitrogens is 1. The Labute approximate surface area is 198 Å². The van der Waals surface area contributed by atoms with Gasteiger partial charge in [0, 0.05) is 67.8 Å². The smallest absolute Gasteiger partial charge is 0.251 e. The molecule has 1 aromatic carbocycles. The molecule has 9 nitrogen and oxygen atoms in total. The topological polar surface area (TPSA) is 104 Å². The lowest BCUT2D eigenvalue weighted by molar-refractivity contribution is -0.141. The number of aromatic amines is 1. The number of aliphatic hydroxyl groups is 1. The number of amides is 1. The highest BCUT2D eigenvalue weighted by molar-refractivity contribution is 5.80. The van der Waals surface area contributed by atoms with Gasteiger partial charge < -0.3 is 19.5 Å². The van der Waals surface area contributed by atoms with Gasteiger partial charge in [-0.05, 0) is 38.1 Å². The Morgan fingerprint density at radius 1 is 1.24 bits per heavy atom. The van der Waals surface area contributed by atoms with E-state index in [1.807, 2.05) is 30.3 Å². The van der Waals surface area contributed by atoms with Crippen LogP contribution in [-0.4, -0.2) is 81.4 Å². The van der Waals surface area contributed by atoms with E-state index in [0.29, 0.717) is 37.2 Å². The molecular formula is C25H29N5O4. The summed E-state index contributed by atoms with van der Waals surface area (Å²) in [5.74, 6) is 2.24. The fourth-order valence-corrected chi connectivity index (χ4v) is 4.49. The van der Waals surface area contributed by atoms with Crippen molar-refractivity contribution in [2.24, 2.45) is 0 Å². The summed E-state index contributed by atoms with van der Waals surface area (Å²) in [5.41, 5.74) is 3.06. The van der Waals surface area contributed by atoms with Crippen LogP contribution in [0.25, 0.3) is 11.3 Å². The van der Waals surface area contributed by atoms with Crippen LogP contribution in [0.2, 0.25) is 0 Å². The number of ether oxygens (including phenoxy) is 2. The number of aromatic nitrogens is 3. The summed E-state index contributed by atoms with van der Waals surface area (Å²) < 4.78 is 11.9. The molecule has 2 aromatic heterocycles. The number of hydrogen-bond donors (Lipinski definition) is 2. The SMILES string of the molecule is C[C@@H](O)C(=O)N1CCN(CCC2COc3cc(Oc4ccc(-c5ccn[nH]5)cn4)ccc32)CC1. The molecule has 34 heavy (non-hydrogen) atoms. The van der Waals surface area contributed by atoms with Crippen LogP contribution < -0.4 is 9.47 Å². The van der Waals surface area contributed by atoms with Gasteiger partial charge in [-0.25, -0.2) is 4.98 Å². The lowest BCUT2D eigenvalue weighted by Gasteiger charge is -2.35. The zero-order valence-corrected chi connectivity index (χ0v) is 19.2. The Bertz CT molecular complexity index is 1110. The van der Waals surface area contributed by atoms with Gasteiger partial charge in [0.25, 0.3) is 5.91 Å². The van der Waals surface area contributed by atoms with E-state index in [1.165, 1.54) is 12.5 Å². The third-order valence-corrected chi connectivity index (χ3v) is 6.47. The number of carbonyl (C=O) groups excluding carboxylic acids is 1. The first-order valence-electron chi connectivity index (χ1n) is 11.7. The number of pyridine rings is 1. The number of carbonyl (C=O) groups is 1. The van der Waals surface area contributed by atoms with Crippen molar-refractivity contribution >= 4 is 5.91 Å². The molecule has 1 amide bonds. The summed E-state index contributed by atoms with van der Waals surface area (Å²) in [6.07, 6.45) is 3.53. The minimum absolute atomic E-state index is 0.181. The Kier molecular flexibility index (Phi) is 6.46. The molecule has 1 saturated heterocycles. The minimum Gasteiger partial charge on any atom is -0.493 e. The van der Waals surface area contributed by atoms with Crippen LogP contribution >= 0.6 is 0 Å². The van der Waals surface area contributed by atoms with Crippen molar-refractivity contribution in [2.45, 2.75) is 25.4 Å². The van der Waals surface area contributed by atoms with E-state index in [9.17, 15) is 9.90 Å². The quantitative estimate of drug-likeness (QED) is 0.555. The number of hydrogen-bond acceptors (Lipinski definition) is 7. The second-order valence-corrected chi connectivity index (χ2v) is 8.80. The van der Waals surface area contributed by atoms with Crippen LogP contribution in [0.5, 0.6) is 17.4 Å². The van der Waals surface area contributed by atoms with Crippen molar-refractivity contribution in [3.8, 4) is 28.6 Å². The molecule has 0 aliphatic carbocycles. The Morgan fingerprint density at radius 3 is 2.79 bits per heavy atom. The zero-order valence-electron chi connectivity index (χ0n) is 19.2. The fourth-order valence-electron chi connectivity index (χ4n) is 4.49. The van der Waals surface area contributed by atoms with E-state index >= 15 is 0 Å². The fraction of sp³-hybridized carbons (Fsp3) is 0.400. The van der Waals surface area contributed by atoms with Gasteiger partial charge in [0.2, 0.25) is 5.88 Å². The first kappa shape index (κ1) is 22.4. The number of nitrogens with zero attached hydrogens (tertiary/aromatic N) is 4. The number of fused-ring (bicyclic) bond motifs is 1. The summed E-state index contributed by atoms with van der Waals surface area (Å²) in [6.45, 7) is 6.14. The molecule has 1 unspecified atom stereocenters. The standard InChI is InChI=1S/C25H29N5O4/c1-17(31)25(32)30-12-10-29(11-13-30)9-7-19-16-33-23-14-20(3-4-21(19)23)34-24-5-2-18(15-26-24)22-6-8-27-28-22/h2-6,8,14-15,17,19,31H,7,9-13,16H2,1H3,(H,27,28)/t17-,19?/m1/s1. The molecule has 5 rings (SSSR count). The second-order valence-electron chi connectivity index (χ2n) is 8.80. The molecule has 0 saturated carbocycles. The Balaban J connectivity index is 1.14. The average molecular weight is 464 g/mol. The maximum absolute atomic E-state index is 11.9. The van der Waals surface area contributed by atoms with Crippen molar-refractivity contribution in [3.63, 3.8) is 0 Å². The number of piperazine rings is 1. The molecule has 4 heterocycles. The molecule has 0 bridgehead atoms. The van der Waals surface area contributed by atoms with Gasteiger partial charge in [-0.2, -0.15) is 5.10 Å². The van der Waals surface area contributed by atoms with Gasteiger partial charge in [-0.1, -0.05) is 6.07 Å². The zero-order chi connectivity index (χ0) is 23.5. The molecule has 9 heteroatoms. The average Bonchev–Trinajstić information content (AvgIpc) is 3.53. The van der Waals surface area contributed by atoms with Crippen molar-refractivity contribution in [1.29, 1.82) is 0 Å². The summed E-state index contributed by atoms with van der Waals surface area (Å²) in [7, 11) is 0. The predicted molar refractivity (Wildman–Crippen MR) is 126 cm³/mol. The maximum Gasteiger partial charge on any atom is 0.251 e. The largest absolute Gasteiger partial charge is 0.493 e. The summed E-state index contributed by atoms with van der Waals surface area (Å²) >= 11 is 0. The van der Waals surface area contributed by atoms with Crippen LogP contribution in [0.1, 0.15) is 24.8 Å². The van der Waals surface area contributed by atoms with Gasteiger partial charge >= 0.3 is 0 Å². The van der Waals surface area contributed by atoms with Crippen molar-refractivity contribution in [2.75, 3.05) is 39.3 Å². The highest BCUT2D eigenvalue weighted by atomic mass is 16.5. The monoisotopic (exact) mass is 463 g/mol. The normalized spacial score (nSPS) is 18.9. The molecule has 2 N–H and O–H groups in total. The molecule has 0 spiro atoms. The highest BCUT2D eigenvalue weighted by Crippen LogP contribution is 2.39. The van der Waals surface area contributed by atoms with Crippen LogP contribution in [0.15, 0.2) is 48.8 Å². The van der Waals surface area contributed by atoms with Gasteiger partial charge in [0.1, 0.15) is 17.6 Å². The molecule has 2 aliphatic heterocycles. The van der Waals surface area contributed by atoms with E-state index in [4.69, 9.17) is 9.47 Å². The van der Waals surface area contributed by atoms with Gasteiger partial charge in [-0.15, -0.1) is 0 Å². The van der Waals surface area contributed by atoms with E-state index in [-0.39, 0.29) is 5.91 Å². The van der Waals surface area contributed by atoms with Crippen LogP contribution in [0.4, 0.5) is 0 Å². The van der Waals surface area contributed by atoms with Crippen molar-refractivity contribution in [1.82, 2.24) is 25.0 Å². The third-order valence-electron chi connectivity index (χ3n) is 6.47. The molecule has 3 aromatic rings. The van der Waals surface area contributed by atoms with E-state index in [2.05, 4.69) is 26.1 Å². The Hall–Kier alpha value is -3.43. The molecular weight excluding hydrogens is 434 g/mol. The Morgan fingerprint density at radius 2 is 2.09 bits per heavy atom. The number of nitrogens with one attached hydrogen (secondary N) is 1. The molecule has 2 atom stereocenters. The van der Waals surface area contributed by atoms with Gasteiger partial charge in [0.15, 0.2) is 0 Å². The first-order chi connectivity index (χ1) is 16.6. The van der Waals surface area contributed by atoms with Crippen LogP contribution in [-0.2, 0) is 4.79 Å². The maximum atomic E-state index is 11.9. The van der Waals surface area contributed by atoms with E-state index in [0.717, 1.165) is 43.1 Å². The summed E-state index contributed by atoms with van der Waals surface area (Å²) in [6, 6.07) is 11.6. The second kappa shape index (κ2) is 9.82. The van der Waals surface area contributed by atoms with Crippen molar-refractivity contribution < 1.29 is 19.4 Å². The van der Waals surface area contributed by atoms with Crippen molar-refractivity contribution in [3.05, 3.63) is 54.4 Å². The predicted octanol–water partition coefficient (Wildman–Crippen LogP) is 2.66. The molecule has 0 radical (unpaired) electrons. The number of benzene rings is 1. The minimum atomic E-state index is -0.926. The summed E-state index contributed by atoms with van der Waals surface area (Å²) in [4.78, 5) is 20.5. The van der Waals surface area contributed by atoms with Crippen LogP contribution in [0.3, 0.4) is 0 Å². The number of rotatable bonds is 7.